The van der Waals surface area contributed by atoms with Gasteiger partial charge in [-0.25, -0.2) is 0 Å². The molecule has 1 aliphatic rings. The van der Waals surface area contributed by atoms with E-state index >= 15 is 0 Å². The molecule has 0 bridgehead atoms. The van der Waals surface area contributed by atoms with E-state index in [4.69, 9.17) is 11.5 Å². The van der Waals surface area contributed by atoms with Gasteiger partial charge in [0.05, 0.1) is 0 Å². The van der Waals surface area contributed by atoms with Crippen LogP contribution in [0.4, 0.5) is 11.4 Å². The molecule has 3 aromatic carbocycles. The van der Waals surface area contributed by atoms with Crippen LogP contribution < -0.4 is 11.5 Å². The molecule has 3 aromatic rings. The van der Waals surface area contributed by atoms with Gasteiger partial charge in [-0.05, 0) is 96.8 Å². The van der Waals surface area contributed by atoms with Crippen LogP contribution in [-0.4, -0.2) is 0 Å². The maximum atomic E-state index is 6.07. The van der Waals surface area contributed by atoms with E-state index in [0.29, 0.717) is 0 Å². The summed E-state index contributed by atoms with van der Waals surface area (Å²) in [5.41, 5.74) is 23.1. The van der Waals surface area contributed by atoms with Crippen LogP contribution in [0.25, 0.3) is 0 Å². The molecule has 0 heterocycles. The van der Waals surface area contributed by atoms with Crippen LogP contribution in [0.3, 0.4) is 0 Å². The Hall–Kier alpha value is -2.74. The third kappa shape index (κ3) is 2.33. The van der Waals surface area contributed by atoms with Crippen LogP contribution in [0.5, 0.6) is 0 Å². The van der Waals surface area contributed by atoms with Crippen LogP contribution in [0.2, 0.25) is 0 Å². The number of rotatable bonds is 2. The van der Waals surface area contributed by atoms with Crippen LogP contribution >= 0.6 is 0 Å². The van der Waals surface area contributed by atoms with Gasteiger partial charge in [0.2, 0.25) is 0 Å². The van der Waals surface area contributed by atoms with E-state index in [9.17, 15) is 0 Å². The maximum absolute atomic E-state index is 6.07. The van der Waals surface area contributed by atoms with Crippen molar-refractivity contribution in [3.05, 3.63) is 93.5 Å². The SMILES string of the molecule is Cc1ccc(C2(c3ccc(N)cc3)CCc3cc(N)ccc32)c(C)c1C. The predicted molar refractivity (Wildman–Crippen MR) is 111 cm³/mol. The van der Waals surface area contributed by atoms with Crippen molar-refractivity contribution in [2.45, 2.75) is 39.0 Å². The Morgan fingerprint density at radius 2 is 1.38 bits per heavy atom. The monoisotopic (exact) mass is 342 g/mol. The van der Waals surface area contributed by atoms with E-state index < -0.39 is 0 Å². The molecular weight excluding hydrogens is 316 g/mol. The first kappa shape index (κ1) is 16.7. The molecule has 1 unspecified atom stereocenters. The fraction of sp³-hybridized carbons (Fsp3) is 0.250. The highest BCUT2D eigenvalue weighted by molar-refractivity contribution is 5.62. The van der Waals surface area contributed by atoms with Crippen molar-refractivity contribution < 1.29 is 0 Å². The molecule has 132 valence electrons. The maximum Gasteiger partial charge on any atom is 0.0460 e. The molecule has 4 rings (SSSR count). The Morgan fingerprint density at radius 3 is 2.12 bits per heavy atom. The highest BCUT2D eigenvalue weighted by Crippen LogP contribution is 2.50. The van der Waals surface area contributed by atoms with Gasteiger partial charge in [-0.1, -0.05) is 30.3 Å². The van der Waals surface area contributed by atoms with Crippen LogP contribution in [0.1, 0.15) is 45.4 Å². The number of anilines is 2. The highest BCUT2D eigenvalue weighted by Gasteiger charge is 2.42. The highest BCUT2D eigenvalue weighted by atomic mass is 14.6. The molecule has 26 heavy (non-hydrogen) atoms. The fourth-order valence-corrected chi connectivity index (χ4v) is 4.61. The zero-order valence-electron chi connectivity index (χ0n) is 15.8. The molecule has 0 amide bonds. The first-order valence-electron chi connectivity index (χ1n) is 9.25. The summed E-state index contributed by atoms with van der Waals surface area (Å²) in [6.45, 7) is 6.67. The number of hydrogen-bond acceptors (Lipinski definition) is 2. The molecule has 0 radical (unpaired) electrons. The van der Waals surface area contributed by atoms with Gasteiger partial charge in [-0.15, -0.1) is 0 Å². The first-order valence-corrected chi connectivity index (χ1v) is 9.25. The van der Waals surface area contributed by atoms with Crippen molar-refractivity contribution in [1.29, 1.82) is 0 Å². The van der Waals surface area contributed by atoms with Gasteiger partial charge in [0.1, 0.15) is 0 Å². The van der Waals surface area contributed by atoms with Crippen molar-refractivity contribution in [1.82, 2.24) is 0 Å². The molecule has 0 aliphatic heterocycles. The average Bonchev–Trinajstić information content (AvgIpc) is 3.00. The van der Waals surface area contributed by atoms with Crippen molar-refractivity contribution >= 4 is 11.4 Å². The Labute approximate surface area is 155 Å². The van der Waals surface area contributed by atoms with E-state index in [-0.39, 0.29) is 5.41 Å². The second-order valence-electron chi connectivity index (χ2n) is 7.62. The zero-order valence-corrected chi connectivity index (χ0v) is 15.8. The molecule has 0 saturated heterocycles. The largest absolute Gasteiger partial charge is 0.399 e. The number of fused-ring (bicyclic) bond motifs is 1. The van der Waals surface area contributed by atoms with Crippen molar-refractivity contribution in [2.24, 2.45) is 0 Å². The molecule has 1 atom stereocenters. The van der Waals surface area contributed by atoms with Gasteiger partial charge in [0.25, 0.3) is 0 Å². The van der Waals surface area contributed by atoms with Gasteiger partial charge < -0.3 is 11.5 Å². The minimum Gasteiger partial charge on any atom is -0.399 e. The molecule has 2 nitrogen and oxygen atoms in total. The Bertz CT molecular complexity index is 986. The molecule has 0 saturated carbocycles. The Kier molecular flexibility index (Phi) is 3.80. The lowest BCUT2D eigenvalue weighted by Gasteiger charge is -2.34. The van der Waals surface area contributed by atoms with Gasteiger partial charge >= 0.3 is 0 Å². The van der Waals surface area contributed by atoms with Gasteiger partial charge in [0.15, 0.2) is 0 Å². The summed E-state index contributed by atoms with van der Waals surface area (Å²) in [4.78, 5) is 0. The number of nitrogens with two attached hydrogens (primary N) is 2. The lowest BCUT2D eigenvalue weighted by atomic mass is 9.68. The summed E-state index contributed by atoms with van der Waals surface area (Å²) < 4.78 is 0. The van der Waals surface area contributed by atoms with Crippen LogP contribution in [0.15, 0.2) is 54.6 Å². The summed E-state index contributed by atoms with van der Waals surface area (Å²) in [6.07, 6.45) is 2.09. The number of nitrogen functional groups attached to an aromatic ring is 2. The zero-order chi connectivity index (χ0) is 18.5. The Morgan fingerprint density at radius 1 is 0.731 bits per heavy atom. The Balaban J connectivity index is 2.05. The number of benzene rings is 3. The molecule has 0 aromatic heterocycles. The van der Waals surface area contributed by atoms with E-state index in [0.717, 1.165) is 24.2 Å². The minimum atomic E-state index is -0.140. The molecule has 2 heteroatoms. The van der Waals surface area contributed by atoms with Gasteiger partial charge in [-0.2, -0.15) is 0 Å². The lowest BCUT2D eigenvalue weighted by Crippen LogP contribution is -2.28. The third-order valence-corrected chi connectivity index (χ3v) is 6.28. The minimum absolute atomic E-state index is 0.140. The van der Waals surface area contributed by atoms with Gasteiger partial charge in [0, 0.05) is 16.8 Å². The normalized spacial score (nSPS) is 18.7. The molecule has 1 aliphatic carbocycles. The second-order valence-corrected chi connectivity index (χ2v) is 7.62. The van der Waals surface area contributed by atoms with Crippen molar-refractivity contribution in [2.75, 3.05) is 11.5 Å². The molecule has 0 spiro atoms. The molecule has 4 N–H and O–H groups in total. The molecular formula is C24H26N2. The summed E-state index contributed by atoms with van der Waals surface area (Å²) >= 11 is 0. The van der Waals surface area contributed by atoms with E-state index in [1.165, 1.54) is 38.9 Å². The van der Waals surface area contributed by atoms with Crippen molar-refractivity contribution in [3.8, 4) is 0 Å². The second kappa shape index (κ2) is 5.91. The lowest BCUT2D eigenvalue weighted by molar-refractivity contribution is 0.605. The quantitative estimate of drug-likeness (QED) is 0.640. The molecule has 0 fully saturated rings. The standard InChI is InChI=1S/C24H26N2/c1-15-4-10-22(17(3)16(15)2)24(19-5-7-20(25)8-6-19)13-12-18-14-21(26)9-11-23(18)24/h4-11,14H,12-13,25-26H2,1-3H3. The topological polar surface area (TPSA) is 52.0 Å². The van der Waals surface area contributed by atoms with E-state index in [2.05, 4.69) is 57.2 Å². The van der Waals surface area contributed by atoms with E-state index in [1.807, 2.05) is 18.2 Å². The van der Waals surface area contributed by atoms with Gasteiger partial charge in [-0.3, -0.25) is 0 Å². The third-order valence-electron chi connectivity index (χ3n) is 6.28. The summed E-state index contributed by atoms with van der Waals surface area (Å²) in [7, 11) is 0. The number of aryl methyl sites for hydroxylation is 2. The van der Waals surface area contributed by atoms with Crippen LogP contribution in [0, 0.1) is 20.8 Å². The predicted octanol–water partition coefficient (Wildman–Crippen LogP) is 5.06. The number of hydrogen-bond donors (Lipinski definition) is 2. The van der Waals surface area contributed by atoms with Crippen molar-refractivity contribution in [3.63, 3.8) is 0 Å². The fourth-order valence-electron chi connectivity index (χ4n) is 4.61. The summed E-state index contributed by atoms with van der Waals surface area (Å²) in [5, 5.41) is 0. The summed E-state index contributed by atoms with van der Waals surface area (Å²) in [5.74, 6) is 0. The summed E-state index contributed by atoms with van der Waals surface area (Å²) in [6, 6.07) is 19.4. The average molecular weight is 342 g/mol. The smallest absolute Gasteiger partial charge is 0.0460 e. The van der Waals surface area contributed by atoms with Crippen LogP contribution in [-0.2, 0) is 11.8 Å². The van der Waals surface area contributed by atoms with E-state index in [1.54, 1.807) is 0 Å². The first-order chi connectivity index (χ1) is 12.4.